The lowest BCUT2D eigenvalue weighted by atomic mass is 10.1. The van der Waals surface area contributed by atoms with E-state index in [1.165, 1.54) is 0 Å². The van der Waals surface area contributed by atoms with Crippen molar-refractivity contribution < 1.29 is 9.47 Å². The predicted octanol–water partition coefficient (Wildman–Crippen LogP) is 1.94. The second-order valence-electron chi connectivity index (χ2n) is 5.31. The molecule has 1 aliphatic heterocycles. The minimum atomic E-state index is 0.260. The van der Waals surface area contributed by atoms with E-state index in [-0.39, 0.29) is 6.10 Å². The number of nitrogens with zero attached hydrogens (tertiary/aromatic N) is 1. The Labute approximate surface area is 125 Å². The van der Waals surface area contributed by atoms with Crippen LogP contribution in [0.4, 0.5) is 0 Å². The van der Waals surface area contributed by atoms with Crippen LogP contribution < -0.4 is 10.5 Å². The molecule has 1 saturated heterocycles. The molecular weight excluding hydrogens is 272 g/mol. The molecule has 0 bridgehead atoms. The average Bonchev–Trinajstić information content (AvgIpc) is 2.42. The van der Waals surface area contributed by atoms with Gasteiger partial charge in [0, 0.05) is 30.3 Å². The molecule has 1 fully saturated rings. The van der Waals surface area contributed by atoms with Crippen LogP contribution in [0.1, 0.15) is 25.0 Å². The van der Waals surface area contributed by atoms with Gasteiger partial charge in [-0.3, -0.25) is 4.90 Å². The summed E-state index contributed by atoms with van der Waals surface area (Å²) in [5, 5.41) is 0. The molecule has 0 amide bonds. The Kier molecular flexibility index (Phi) is 4.96. The third kappa shape index (κ3) is 3.48. The van der Waals surface area contributed by atoms with Gasteiger partial charge >= 0.3 is 0 Å². The van der Waals surface area contributed by atoms with Gasteiger partial charge in [0.05, 0.1) is 19.8 Å². The monoisotopic (exact) mass is 294 g/mol. The molecule has 2 rings (SSSR count). The van der Waals surface area contributed by atoms with Crippen molar-refractivity contribution in [3.8, 4) is 5.75 Å². The summed E-state index contributed by atoms with van der Waals surface area (Å²) in [7, 11) is 1.69. The van der Waals surface area contributed by atoms with Crippen molar-refractivity contribution in [3.05, 3.63) is 29.3 Å². The normalized spacial score (nSPS) is 23.6. The van der Waals surface area contributed by atoms with Gasteiger partial charge in [0.2, 0.25) is 0 Å². The van der Waals surface area contributed by atoms with Crippen LogP contribution in [0.25, 0.3) is 0 Å². The Morgan fingerprint density at radius 1 is 1.50 bits per heavy atom. The first kappa shape index (κ1) is 15.2. The molecule has 2 atom stereocenters. The number of morpholine rings is 1. The first-order chi connectivity index (χ1) is 9.51. The number of thiocarbonyl (C=S) groups is 1. The Balaban J connectivity index is 2.22. The number of hydrogen-bond acceptors (Lipinski definition) is 4. The van der Waals surface area contributed by atoms with E-state index in [0.717, 1.165) is 36.6 Å². The van der Waals surface area contributed by atoms with E-state index < -0.39 is 0 Å². The first-order valence-electron chi connectivity index (χ1n) is 6.83. The van der Waals surface area contributed by atoms with Gasteiger partial charge in [-0.15, -0.1) is 0 Å². The van der Waals surface area contributed by atoms with Crippen LogP contribution >= 0.6 is 12.2 Å². The van der Waals surface area contributed by atoms with Crippen molar-refractivity contribution in [2.24, 2.45) is 5.73 Å². The molecule has 2 N–H and O–H groups in total. The van der Waals surface area contributed by atoms with Gasteiger partial charge < -0.3 is 15.2 Å². The van der Waals surface area contributed by atoms with Crippen molar-refractivity contribution in [2.45, 2.75) is 32.5 Å². The molecule has 4 nitrogen and oxygen atoms in total. The largest absolute Gasteiger partial charge is 0.496 e. The highest BCUT2D eigenvalue weighted by molar-refractivity contribution is 7.80. The molecular formula is C15H22N2O2S. The third-order valence-electron chi connectivity index (χ3n) is 3.68. The van der Waals surface area contributed by atoms with Crippen molar-refractivity contribution in [3.63, 3.8) is 0 Å². The Morgan fingerprint density at radius 2 is 2.25 bits per heavy atom. The summed E-state index contributed by atoms with van der Waals surface area (Å²) in [6, 6.07) is 6.24. The van der Waals surface area contributed by atoms with E-state index in [2.05, 4.69) is 18.7 Å². The highest BCUT2D eigenvalue weighted by Crippen LogP contribution is 2.24. The van der Waals surface area contributed by atoms with E-state index in [0.29, 0.717) is 11.0 Å². The molecule has 110 valence electrons. The smallest absolute Gasteiger partial charge is 0.123 e. The summed E-state index contributed by atoms with van der Waals surface area (Å²) in [6.07, 6.45) is 0.260. The molecule has 1 aromatic carbocycles. The van der Waals surface area contributed by atoms with E-state index in [4.69, 9.17) is 27.4 Å². The minimum Gasteiger partial charge on any atom is -0.496 e. The second-order valence-corrected chi connectivity index (χ2v) is 5.75. The number of benzene rings is 1. The first-order valence-corrected chi connectivity index (χ1v) is 7.24. The molecule has 0 aromatic heterocycles. The van der Waals surface area contributed by atoms with Gasteiger partial charge in [-0.1, -0.05) is 12.2 Å². The second kappa shape index (κ2) is 6.52. The van der Waals surface area contributed by atoms with E-state index in [1.807, 2.05) is 18.2 Å². The maximum Gasteiger partial charge on any atom is 0.123 e. The highest BCUT2D eigenvalue weighted by atomic mass is 32.1. The fourth-order valence-corrected chi connectivity index (χ4v) is 2.59. The Morgan fingerprint density at radius 3 is 2.90 bits per heavy atom. The molecule has 0 radical (unpaired) electrons. The van der Waals surface area contributed by atoms with Crippen LogP contribution in [0, 0.1) is 0 Å². The molecule has 20 heavy (non-hydrogen) atoms. The van der Waals surface area contributed by atoms with Gasteiger partial charge in [0.1, 0.15) is 10.7 Å². The standard InChI is InChI=1S/C15H22N2O2S/c1-10-9-19-11(2)7-17(10)8-13-6-12(15(16)20)4-5-14(13)18-3/h4-6,10-11H,7-9H2,1-3H3,(H2,16,20). The maximum atomic E-state index is 5.71. The lowest BCUT2D eigenvalue weighted by Gasteiger charge is -2.37. The predicted molar refractivity (Wildman–Crippen MR) is 84.2 cm³/mol. The molecule has 2 unspecified atom stereocenters. The van der Waals surface area contributed by atoms with Crippen LogP contribution in [-0.2, 0) is 11.3 Å². The SMILES string of the molecule is COc1ccc(C(N)=S)cc1CN1CC(C)OCC1C. The molecule has 1 heterocycles. The van der Waals surface area contributed by atoms with Crippen molar-refractivity contribution >= 4 is 17.2 Å². The summed E-state index contributed by atoms with van der Waals surface area (Å²) >= 11 is 5.05. The minimum absolute atomic E-state index is 0.260. The number of rotatable bonds is 4. The molecule has 5 heteroatoms. The summed E-state index contributed by atoms with van der Waals surface area (Å²) in [5.74, 6) is 0.872. The average molecular weight is 294 g/mol. The van der Waals surface area contributed by atoms with Crippen LogP contribution in [0.5, 0.6) is 5.75 Å². The summed E-state index contributed by atoms with van der Waals surface area (Å²) < 4.78 is 11.1. The topological polar surface area (TPSA) is 47.7 Å². The van der Waals surface area contributed by atoms with Crippen molar-refractivity contribution in [1.82, 2.24) is 4.90 Å². The van der Waals surface area contributed by atoms with Crippen LogP contribution in [0.2, 0.25) is 0 Å². The van der Waals surface area contributed by atoms with Crippen LogP contribution in [0.15, 0.2) is 18.2 Å². The Hall–Kier alpha value is -1.17. The number of nitrogens with two attached hydrogens (primary N) is 1. The van der Waals surface area contributed by atoms with Gasteiger partial charge in [0.25, 0.3) is 0 Å². The quantitative estimate of drug-likeness (QED) is 0.860. The summed E-state index contributed by atoms with van der Waals surface area (Å²) in [4.78, 5) is 2.81. The Bertz CT molecular complexity index is 493. The maximum absolute atomic E-state index is 5.71. The molecule has 0 spiro atoms. The lowest BCUT2D eigenvalue weighted by Crippen LogP contribution is -2.46. The zero-order valence-corrected chi connectivity index (χ0v) is 13.1. The molecule has 0 aliphatic carbocycles. The fourth-order valence-electron chi connectivity index (χ4n) is 2.47. The number of ether oxygens (including phenoxy) is 2. The van der Waals surface area contributed by atoms with Gasteiger partial charge in [-0.05, 0) is 32.0 Å². The van der Waals surface area contributed by atoms with Crippen molar-refractivity contribution in [2.75, 3.05) is 20.3 Å². The van der Waals surface area contributed by atoms with Crippen LogP contribution in [0.3, 0.4) is 0 Å². The zero-order chi connectivity index (χ0) is 14.7. The van der Waals surface area contributed by atoms with E-state index in [9.17, 15) is 0 Å². The van der Waals surface area contributed by atoms with E-state index >= 15 is 0 Å². The fraction of sp³-hybridized carbons (Fsp3) is 0.533. The molecule has 0 saturated carbocycles. The van der Waals surface area contributed by atoms with Gasteiger partial charge in [-0.2, -0.15) is 0 Å². The summed E-state index contributed by atoms with van der Waals surface area (Å²) in [5.41, 5.74) is 7.70. The molecule has 1 aliphatic rings. The lowest BCUT2D eigenvalue weighted by molar-refractivity contribution is -0.0528. The number of methoxy groups -OCH3 is 1. The number of hydrogen-bond donors (Lipinski definition) is 1. The molecule has 1 aromatic rings. The zero-order valence-electron chi connectivity index (χ0n) is 12.3. The van der Waals surface area contributed by atoms with Crippen LogP contribution in [-0.4, -0.2) is 42.3 Å². The third-order valence-corrected chi connectivity index (χ3v) is 3.91. The van der Waals surface area contributed by atoms with Gasteiger partial charge in [-0.25, -0.2) is 0 Å². The highest BCUT2D eigenvalue weighted by Gasteiger charge is 2.24. The van der Waals surface area contributed by atoms with Gasteiger partial charge in [0.15, 0.2) is 0 Å². The summed E-state index contributed by atoms with van der Waals surface area (Å²) in [6.45, 7) is 6.77. The van der Waals surface area contributed by atoms with E-state index in [1.54, 1.807) is 7.11 Å². The van der Waals surface area contributed by atoms with Crippen molar-refractivity contribution in [1.29, 1.82) is 0 Å².